The van der Waals surface area contributed by atoms with Crippen molar-refractivity contribution in [1.82, 2.24) is 9.97 Å². The van der Waals surface area contributed by atoms with Crippen molar-refractivity contribution in [2.75, 3.05) is 0 Å². The van der Waals surface area contributed by atoms with Crippen molar-refractivity contribution < 1.29 is 0 Å². The molecule has 0 spiro atoms. The third-order valence-electron chi connectivity index (χ3n) is 1.38. The first-order chi connectivity index (χ1) is 5.20. The summed E-state index contributed by atoms with van der Waals surface area (Å²) in [5.41, 5.74) is 0.998. The van der Waals surface area contributed by atoms with Crippen LogP contribution in [-0.4, -0.2) is 9.97 Å². The molecule has 1 aromatic heterocycles. The lowest BCUT2D eigenvalue weighted by atomic mass is 10.1. The predicted octanol–water partition coefficient (Wildman–Crippen LogP) is 2.34. The van der Waals surface area contributed by atoms with Gasteiger partial charge in [0.1, 0.15) is 4.64 Å². The van der Waals surface area contributed by atoms with Crippen molar-refractivity contribution in [2.45, 2.75) is 20.3 Å². The molecule has 0 atom stereocenters. The lowest BCUT2D eigenvalue weighted by Crippen LogP contribution is -1.98. The third-order valence-corrected chi connectivity index (χ3v) is 1.74. The van der Waals surface area contributed by atoms with Crippen LogP contribution in [0.2, 0.25) is 0 Å². The van der Waals surface area contributed by atoms with Gasteiger partial charge in [-0.2, -0.15) is 0 Å². The zero-order chi connectivity index (χ0) is 8.27. The summed E-state index contributed by atoms with van der Waals surface area (Å²) in [6, 6.07) is 0. The van der Waals surface area contributed by atoms with Gasteiger partial charge in [0.15, 0.2) is 0 Å². The Morgan fingerprint density at radius 3 is 2.91 bits per heavy atom. The molecule has 0 amide bonds. The van der Waals surface area contributed by atoms with Gasteiger partial charge in [0.05, 0.1) is 5.69 Å². The fourth-order valence-corrected chi connectivity index (χ4v) is 1.12. The van der Waals surface area contributed by atoms with Crippen molar-refractivity contribution >= 4 is 12.2 Å². The Morgan fingerprint density at radius 2 is 2.36 bits per heavy atom. The molecule has 0 bridgehead atoms. The van der Waals surface area contributed by atoms with Gasteiger partial charge in [-0.15, -0.1) is 0 Å². The lowest BCUT2D eigenvalue weighted by Gasteiger charge is -2.02. The summed E-state index contributed by atoms with van der Waals surface area (Å²) in [5.74, 6) is 0.611. The quantitative estimate of drug-likeness (QED) is 0.687. The molecule has 0 saturated heterocycles. The fourth-order valence-electron chi connectivity index (χ4n) is 0.914. The highest BCUT2D eigenvalue weighted by Crippen LogP contribution is 2.04. The van der Waals surface area contributed by atoms with E-state index in [1.54, 1.807) is 12.4 Å². The normalized spacial score (nSPS) is 10.5. The number of H-pyrrole nitrogens is 1. The van der Waals surface area contributed by atoms with Crippen LogP contribution in [0.4, 0.5) is 0 Å². The molecule has 0 aliphatic carbocycles. The molecule has 1 heterocycles. The Balaban J connectivity index is 2.87. The Morgan fingerprint density at radius 1 is 1.64 bits per heavy atom. The van der Waals surface area contributed by atoms with E-state index in [4.69, 9.17) is 12.2 Å². The number of nitrogens with one attached hydrogen (secondary N) is 1. The molecule has 1 rings (SSSR count). The molecule has 0 saturated carbocycles. The number of aromatic amines is 1. The molecule has 0 aliphatic heterocycles. The zero-order valence-corrected chi connectivity index (χ0v) is 7.61. The molecule has 3 heteroatoms. The number of aromatic nitrogens is 2. The number of hydrogen-bond donors (Lipinski definition) is 1. The minimum atomic E-state index is 0.611. The predicted molar refractivity (Wildman–Crippen MR) is 48.0 cm³/mol. The van der Waals surface area contributed by atoms with Crippen LogP contribution in [0, 0.1) is 10.6 Å². The Kier molecular flexibility index (Phi) is 2.76. The summed E-state index contributed by atoms with van der Waals surface area (Å²) in [6.07, 6.45) is 4.45. The average molecular weight is 168 g/mol. The van der Waals surface area contributed by atoms with Crippen molar-refractivity contribution in [3.05, 3.63) is 22.7 Å². The van der Waals surface area contributed by atoms with Crippen LogP contribution in [-0.2, 0) is 6.42 Å². The summed E-state index contributed by atoms with van der Waals surface area (Å²) in [6.45, 7) is 4.31. The van der Waals surface area contributed by atoms with Crippen LogP contribution >= 0.6 is 12.2 Å². The molecule has 1 aromatic rings. The Hall–Kier alpha value is -0.700. The SMILES string of the molecule is CC(C)Cc1ncc[nH]c1=S. The molecule has 0 radical (unpaired) electrons. The molecule has 2 nitrogen and oxygen atoms in total. The van der Waals surface area contributed by atoms with Crippen LogP contribution < -0.4 is 0 Å². The van der Waals surface area contributed by atoms with Gasteiger partial charge in [-0.05, 0) is 12.3 Å². The van der Waals surface area contributed by atoms with Gasteiger partial charge < -0.3 is 4.98 Å². The molecule has 1 N–H and O–H groups in total. The van der Waals surface area contributed by atoms with E-state index in [0.717, 1.165) is 16.8 Å². The van der Waals surface area contributed by atoms with Crippen LogP contribution in [0.25, 0.3) is 0 Å². The first-order valence-corrected chi connectivity index (χ1v) is 4.13. The second-order valence-corrected chi connectivity index (χ2v) is 3.37. The van der Waals surface area contributed by atoms with E-state index in [9.17, 15) is 0 Å². The highest BCUT2D eigenvalue weighted by molar-refractivity contribution is 7.71. The number of nitrogens with zero attached hydrogens (tertiary/aromatic N) is 1. The monoisotopic (exact) mass is 168 g/mol. The zero-order valence-electron chi connectivity index (χ0n) is 6.79. The van der Waals surface area contributed by atoms with Crippen molar-refractivity contribution in [1.29, 1.82) is 0 Å². The van der Waals surface area contributed by atoms with Crippen molar-refractivity contribution in [2.24, 2.45) is 5.92 Å². The first-order valence-electron chi connectivity index (χ1n) is 3.72. The van der Waals surface area contributed by atoms with E-state index in [0.29, 0.717) is 5.92 Å². The second kappa shape index (κ2) is 3.62. The van der Waals surface area contributed by atoms with Gasteiger partial charge >= 0.3 is 0 Å². The minimum Gasteiger partial charge on any atom is -0.350 e. The largest absolute Gasteiger partial charge is 0.350 e. The molecular weight excluding hydrogens is 156 g/mol. The Bertz CT molecular complexity index is 277. The maximum atomic E-state index is 5.05. The van der Waals surface area contributed by atoms with E-state index in [2.05, 4.69) is 23.8 Å². The lowest BCUT2D eigenvalue weighted by molar-refractivity contribution is 0.631. The van der Waals surface area contributed by atoms with Crippen molar-refractivity contribution in [3.8, 4) is 0 Å². The first kappa shape index (κ1) is 8.40. The molecule has 0 unspecified atom stereocenters. The average Bonchev–Trinajstić information content (AvgIpc) is 1.93. The Labute approximate surface area is 71.7 Å². The van der Waals surface area contributed by atoms with Gasteiger partial charge in [-0.1, -0.05) is 26.1 Å². The van der Waals surface area contributed by atoms with Gasteiger partial charge in [-0.3, -0.25) is 4.98 Å². The fraction of sp³-hybridized carbons (Fsp3) is 0.500. The van der Waals surface area contributed by atoms with E-state index in [-0.39, 0.29) is 0 Å². The van der Waals surface area contributed by atoms with Crippen molar-refractivity contribution in [3.63, 3.8) is 0 Å². The molecule has 0 aromatic carbocycles. The summed E-state index contributed by atoms with van der Waals surface area (Å²) in [5, 5.41) is 0. The topological polar surface area (TPSA) is 28.7 Å². The highest BCUT2D eigenvalue weighted by atomic mass is 32.1. The van der Waals surface area contributed by atoms with E-state index >= 15 is 0 Å². The van der Waals surface area contributed by atoms with Crippen LogP contribution in [0.3, 0.4) is 0 Å². The molecule has 0 fully saturated rings. The van der Waals surface area contributed by atoms with E-state index in [1.807, 2.05) is 0 Å². The summed E-state index contributed by atoms with van der Waals surface area (Å²) in [4.78, 5) is 7.14. The van der Waals surface area contributed by atoms with Gasteiger partial charge in [0, 0.05) is 12.4 Å². The molecule has 0 aliphatic rings. The number of hydrogen-bond acceptors (Lipinski definition) is 2. The maximum absolute atomic E-state index is 5.05. The van der Waals surface area contributed by atoms with Gasteiger partial charge in [0.2, 0.25) is 0 Å². The standard InChI is InChI=1S/C8H12N2S/c1-6(2)5-7-8(11)10-4-3-9-7/h3-4,6H,5H2,1-2H3,(H,10,11). The number of rotatable bonds is 2. The highest BCUT2D eigenvalue weighted by Gasteiger charge is 1.99. The van der Waals surface area contributed by atoms with Crippen LogP contribution in [0.1, 0.15) is 19.5 Å². The van der Waals surface area contributed by atoms with E-state index in [1.165, 1.54) is 0 Å². The summed E-state index contributed by atoms with van der Waals surface area (Å²) >= 11 is 5.05. The third kappa shape index (κ3) is 2.42. The molecule has 60 valence electrons. The molecular formula is C8H12N2S. The smallest absolute Gasteiger partial charge is 0.125 e. The van der Waals surface area contributed by atoms with Gasteiger partial charge in [-0.25, -0.2) is 0 Å². The maximum Gasteiger partial charge on any atom is 0.125 e. The van der Waals surface area contributed by atoms with Gasteiger partial charge in [0.25, 0.3) is 0 Å². The minimum absolute atomic E-state index is 0.611. The summed E-state index contributed by atoms with van der Waals surface area (Å²) in [7, 11) is 0. The van der Waals surface area contributed by atoms with Crippen LogP contribution in [0.5, 0.6) is 0 Å². The van der Waals surface area contributed by atoms with E-state index < -0.39 is 0 Å². The summed E-state index contributed by atoms with van der Waals surface area (Å²) < 4.78 is 0.765. The second-order valence-electron chi connectivity index (χ2n) is 2.96. The molecule has 11 heavy (non-hydrogen) atoms. The van der Waals surface area contributed by atoms with Crippen LogP contribution in [0.15, 0.2) is 12.4 Å².